The second-order valence-corrected chi connectivity index (χ2v) is 10.1. The minimum absolute atomic E-state index is 0.0921. The van der Waals surface area contributed by atoms with Crippen molar-refractivity contribution in [1.29, 1.82) is 0 Å². The van der Waals surface area contributed by atoms with Crippen LogP contribution >= 0.6 is 11.8 Å². The van der Waals surface area contributed by atoms with Crippen molar-refractivity contribution in [3.05, 3.63) is 107 Å². The molecule has 4 rings (SSSR count). The van der Waals surface area contributed by atoms with Crippen LogP contribution in [0.1, 0.15) is 47.2 Å². The zero-order valence-electron chi connectivity index (χ0n) is 21.3. The maximum atomic E-state index is 13.6. The van der Waals surface area contributed by atoms with E-state index in [4.69, 9.17) is 0 Å². The highest BCUT2D eigenvalue weighted by Crippen LogP contribution is 2.37. The van der Waals surface area contributed by atoms with Gasteiger partial charge in [-0.2, -0.15) is 0 Å². The third kappa shape index (κ3) is 6.22. The summed E-state index contributed by atoms with van der Waals surface area (Å²) >= 11 is 1.44. The Morgan fingerprint density at radius 1 is 0.944 bits per heavy atom. The van der Waals surface area contributed by atoms with E-state index in [9.17, 15) is 4.79 Å². The molecule has 7 heteroatoms. The number of nitrogens with zero attached hydrogens (tertiary/aromatic N) is 4. The maximum Gasteiger partial charge on any atom is 0.242 e. The molecular weight excluding hydrogens is 466 g/mol. The molecule has 2 atom stereocenters. The van der Waals surface area contributed by atoms with Gasteiger partial charge in [-0.25, -0.2) is 0 Å². The van der Waals surface area contributed by atoms with E-state index in [1.54, 1.807) is 0 Å². The number of carbonyl (C=O) groups excluding carboxylic acids is 1. The molecule has 0 saturated carbocycles. The highest BCUT2D eigenvalue weighted by Gasteiger charge is 2.28. The lowest BCUT2D eigenvalue weighted by Gasteiger charge is -2.23. The molecule has 0 spiro atoms. The lowest BCUT2D eigenvalue weighted by molar-refractivity contribution is -0.115. The number of aromatic nitrogens is 3. The molecule has 0 radical (unpaired) electrons. The highest BCUT2D eigenvalue weighted by atomic mass is 32.2. The van der Waals surface area contributed by atoms with Crippen molar-refractivity contribution < 1.29 is 4.79 Å². The third-order valence-electron chi connectivity index (χ3n) is 6.12. The van der Waals surface area contributed by atoms with Gasteiger partial charge in [0, 0.05) is 5.69 Å². The monoisotopic (exact) mass is 499 g/mol. The molecule has 1 aromatic heterocycles. The van der Waals surface area contributed by atoms with Crippen molar-refractivity contribution >= 4 is 23.4 Å². The molecule has 2 unspecified atom stereocenters. The number of rotatable bonds is 10. The van der Waals surface area contributed by atoms with E-state index in [1.165, 1.54) is 11.8 Å². The first kappa shape index (κ1) is 25.7. The number of anilines is 1. The Labute approximate surface area is 217 Å². The second-order valence-electron chi connectivity index (χ2n) is 9.06. The van der Waals surface area contributed by atoms with Crippen LogP contribution in [-0.2, 0) is 11.3 Å². The lowest BCUT2D eigenvalue weighted by atomic mass is 10.1. The number of hydrogen-bond acceptors (Lipinski definition) is 5. The van der Waals surface area contributed by atoms with Gasteiger partial charge in [0.25, 0.3) is 0 Å². The number of hydrogen-bond donors (Lipinski definition) is 1. The molecule has 3 aromatic carbocycles. The van der Waals surface area contributed by atoms with Gasteiger partial charge in [-0.1, -0.05) is 97.0 Å². The zero-order chi connectivity index (χ0) is 25.5. The van der Waals surface area contributed by atoms with Crippen molar-refractivity contribution in [2.24, 2.45) is 0 Å². The quantitative estimate of drug-likeness (QED) is 0.266. The Kier molecular flexibility index (Phi) is 8.57. The van der Waals surface area contributed by atoms with Crippen LogP contribution in [0.15, 0.2) is 90.1 Å². The highest BCUT2D eigenvalue weighted by molar-refractivity contribution is 8.00. The average molecular weight is 500 g/mol. The van der Waals surface area contributed by atoms with E-state index >= 15 is 0 Å². The maximum absolute atomic E-state index is 13.6. The predicted molar refractivity (Wildman–Crippen MR) is 147 cm³/mol. The van der Waals surface area contributed by atoms with Gasteiger partial charge in [0.1, 0.15) is 5.25 Å². The van der Waals surface area contributed by atoms with Gasteiger partial charge in [0.2, 0.25) is 5.91 Å². The summed E-state index contributed by atoms with van der Waals surface area (Å²) in [5, 5.41) is 12.5. The molecule has 186 valence electrons. The van der Waals surface area contributed by atoms with Gasteiger partial charge in [-0.3, -0.25) is 9.69 Å². The van der Waals surface area contributed by atoms with Crippen molar-refractivity contribution in [2.45, 2.75) is 43.3 Å². The number of aryl methyl sites for hydroxylation is 1. The zero-order valence-corrected chi connectivity index (χ0v) is 22.1. The number of nitrogens with one attached hydrogen (secondary N) is 1. The minimum Gasteiger partial charge on any atom is -0.325 e. The Balaban J connectivity index is 1.70. The second kappa shape index (κ2) is 12.0. The number of amides is 1. The van der Waals surface area contributed by atoms with E-state index in [2.05, 4.69) is 58.1 Å². The van der Waals surface area contributed by atoms with Gasteiger partial charge >= 0.3 is 0 Å². The van der Waals surface area contributed by atoms with Gasteiger partial charge in [0.05, 0.1) is 12.6 Å². The first-order valence-corrected chi connectivity index (χ1v) is 13.1. The van der Waals surface area contributed by atoms with Gasteiger partial charge < -0.3 is 9.88 Å². The van der Waals surface area contributed by atoms with Crippen LogP contribution in [0.5, 0.6) is 0 Å². The Bertz CT molecular complexity index is 1260. The molecule has 0 aliphatic heterocycles. The van der Waals surface area contributed by atoms with Crippen LogP contribution in [0.25, 0.3) is 0 Å². The smallest absolute Gasteiger partial charge is 0.242 e. The van der Waals surface area contributed by atoms with Crippen molar-refractivity contribution in [3.8, 4) is 0 Å². The van der Waals surface area contributed by atoms with Crippen molar-refractivity contribution in [3.63, 3.8) is 0 Å². The van der Waals surface area contributed by atoms with Crippen LogP contribution in [0.3, 0.4) is 0 Å². The molecule has 0 fully saturated rings. The van der Waals surface area contributed by atoms with Crippen LogP contribution in [-0.4, -0.2) is 39.7 Å². The topological polar surface area (TPSA) is 63.1 Å². The van der Waals surface area contributed by atoms with Crippen LogP contribution in [0.4, 0.5) is 5.69 Å². The number of carbonyl (C=O) groups is 1. The molecule has 0 bridgehead atoms. The summed E-state index contributed by atoms with van der Waals surface area (Å²) in [6.45, 7) is 4.82. The largest absolute Gasteiger partial charge is 0.325 e. The molecule has 1 N–H and O–H groups in total. The Hall–Kier alpha value is -3.42. The minimum atomic E-state index is -0.487. The van der Waals surface area contributed by atoms with Gasteiger partial charge in [-0.15, -0.1) is 10.2 Å². The molecule has 0 aliphatic rings. The fraction of sp³-hybridized carbons (Fsp3) is 0.276. The molecule has 1 heterocycles. The molecule has 1 amide bonds. The fourth-order valence-corrected chi connectivity index (χ4v) is 5.22. The van der Waals surface area contributed by atoms with Crippen LogP contribution in [0.2, 0.25) is 0 Å². The first-order valence-electron chi connectivity index (χ1n) is 12.2. The van der Waals surface area contributed by atoms with E-state index in [0.29, 0.717) is 6.54 Å². The molecule has 4 aromatic rings. The third-order valence-corrected chi connectivity index (χ3v) is 7.35. The fourth-order valence-electron chi connectivity index (χ4n) is 4.18. The SMILES string of the molecule is CCC(c1nnc(SC(C(=O)Nc2ccc(C)cc2)c2ccccc2)n1Cc1ccccc1)N(C)C. The summed E-state index contributed by atoms with van der Waals surface area (Å²) < 4.78 is 2.16. The van der Waals surface area contributed by atoms with E-state index in [0.717, 1.165) is 39.8 Å². The summed E-state index contributed by atoms with van der Waals surface area (Å²) in [5.74, 6) is 0.810. The number of benzene rings is 3. The average Bonchev–Trinajstić information content (AvgIpc) is 3.26. The summed E-state index contributed by atoms with van der Waals surface area (Å²) in [6.07, 6.45) is 0.903. The normalized spacial score (nSPS) is 12.9. The standard InChI is InChI=1S/C29H33N5OS/c1-5-25(33(3)4)27-31-32-29(34(27)20-22-12-8-6-9-13-22)36-26(23-14-10-7-11-15-23)28(35)30-24-18-16-21(2)17-19-24/h6-19,25-26H,5,20H2,1-4H3,(H,30,35). The van der Waals surface area contributed by atoms with E-state index in [1.807, 2.05) is 79.7 Å². The Morgan fingerprint density at radius 2 is 1.58 bits per heavy atom. The van der Waals surface area contributed by atoms with Crippen LogP contribution < -0.4 is 5.32 Å². The van der Waals surface area contributed by atoms with Crippen molar-refractivity contribution in [2.75, 3.05) is 19.4 Å². The van der Waals surface area contributed by atoms with E-state index in [-0.39, 0.29) is 11.9 Å². The Morgan fingerprint density at radius 3 is 2.19 bits per heavy atom. The molecule has 0 aliphatic carbocycles. The van der Waals surface area contributed by atoms with E-state index < -0.39 is 5.25 Å². The van der Waals surface area contributed by atoms with Crippen LogP contribution in [0, 0.1) is 6.92 Å². The lowest BCUT2D eigenvalue weighted by Crippen LogP contribution is -2.24. The number of thioether (sulfide) groups is 1. The summed E-state index contributed by atoms with van der Waals surface area (Å²) in [6, 6.07) is 28.1. The molecule has 0 saturated heterocycles. The van der Waals surface area contributed by atoms with Crippen molar-refractivity contribution in [1.82, 2.24) is 19.7 Å². The molecular formula is C29H33N5OS. The van der Waals surface area contributed by atoms with Gasteiger partial charge in [0.15, 0.2) is 11.0 Å². The summed E-state index contributed by atoms with van der Waals surface area (Å²) in [4.78, 5) is 15.7. The predicted octanol–water partition coefficient (Wildman–Crippen LogP) is 6.12. The summed E-state index contributed by atoms with van der Waals surface area (Å²) in [5.41, 5.74) is 4.00. The van der Waals surface area contributed by atoms with Gasteiger partial charge in [-0.05, 0) is 50.7 Å². The molecule has 6 nitrogen and oxygen atoms in total. The first-order chi connectivity index (χ1) is 17.5. The molecule has 36 heavy (non-hydrogen) atoms. The summed E-state index contributed by atoms with van der Waals surface area (Å²) in [7, 11) is 4.12.